The van der Waals surface area contributed by atoms with Crippen LogP contribution in [-0.4, -0.2) is 34.1 Å². The summed E-state index contributed by atoms with van der Waals surface area (Å²) in [7, 11) is 0. The minimum atomic E-state index is -5.10. The van der Waals surface area contributed by atoms with Gasteiger partial charge in [-0.1, -0.05) is 0 Å². The maximum atomic E-state index is 13.2. The van der Waals surface area contributed by atoms with Crippen LogP contribution in [0.15, 0.2) is 46.9 Å². The SMILES string of the molecule is O=C(c1cc(C(F)(F)F)cc(C(F)(F)F)c1)N1CCCC(c2nnc(-c3ccc(C(F)(F)F)cc3)o2)C1. The zero-order valence-electron chi connectivity index (χ0n) is 18.5. The molecule has 1 fully saturated rings. The van der Waals surface area contributed by atoms with E-state index in [1.807, 2.05) is 0 Å². The van der Waals surface area contributed by atoms with Crippen molar-refractivity contribution in [1.29, 1.82) is 0 Å². The van der Waals surface area contributed by atoms with Gasteiger partial charge >= 0.3 is 18.5 Å². The zero-order chi connectivity index (χ0) is 27.2. The van der Waals surface area contributed by atoms with E-state index in [9.17, 15) is 44.3 Å². The maximum absolute atomic E-state index is 13.2. The number of amides is 1. The lowest BCUT2D eigenvalue weighted by Crippen LogP contribution is -2.39. The summed E-state index contributed by atoms with van der Waals surface area (Å²) in [5.74, 6) is -1.66. The molecule has 1 unspecified atom stereocenters. The number of rotatable bonds is 3. The van der Waals surface area contributed by atoms with Gasteiger partial charge in [0, 0.05) is 24.2 Å². The van der Waals surface area contributed by atoms with Gasteiger partial charge in [0.25, 0.3) is 5.91 Å². The molecule has 1 aromatic heterocycles. The summed E-state index contributed by atoms with van der Waals surface area (Å²) in [5.41, 5.74) is -4.63. The Morgan fingerprint density at radius 2 is 1.38 bits per heavy atom. The third kappa shape index (κ3) is 5.88. The molecule has 1 atom stereocenters. The van der Waals surface area contributed by atoms with Crippen LogP contribution < -0.4 is 0 Å². The molecule has 1 aliphatic rings. The van der Waals surface area contributed by atoms with E-state index in [1.54, 1.807) is 0 Å². The second-order valence-electron chi connectivity index (χ2n) is 8.41. The molecule has 5 nitrogen and oxygen atoms in total. The molecule has 37 heavy (non-hydrogen) atoms. The van der Waals surface area contributed by atoms with E-state index in [2.05, 4.69) is 10.2 Å². The second kappa shape index (κ2) is 9.38. The number of piperidine rings is 1. The van der Waals surface area contributed by atoms with E-state index >= 15 is 0 Å². The molecule has 0 N–H and O–H groups in total. The van der Waals surface area contributed by atoms with E-state index in [1.165, 1.54) is 0 Å². The highest BCUT2D eigenvalue weighted by molar-refractivity contribution is 5.94. The first-order valence-corrected chi connectivity index (χ1v) is 10.7. The number of carbonyl (C=O) groups excluding carboxylic acids is 1. The highest BCUT2D eigenvalue weighted by atomic mass is 19.4. The van der Waals surface area contributed by atoms with Crippen LogP contribution in [-0.2, 0) is 18.5 Å². The van der Waals surface area contributed by atoms with Crippen LogP contribution in [0.4, 0.5) is 39.5 Å². The largest absolute Gasteiger partial charge is 0.420 e. The van der Waals surface area contributed by atoms with Crippen LogP contribution in [0.5, 0.6) is 0 Å². The Bertz CT molecular complexity index is 1250. The standard InChI is InChI=1S/C23H16F9N3O2/c24-21(25,26)15-5-3-12(4-6-15)18-33-34-19(37-18)13-2-1-7-35(11-13)20(36)14-8-16(22(27,28)29)10-17(9-14)23(30,31)32/h3-6,8-10,13H,1-2,7,11H2. The minimum Gasteiger partial charge on any atom is -0.420 e. The first-order valence-electron chi connectivity index (χ1n) is 10.7. The number of hydrogen-bond acceptors (Lipinski definition) is 4. The lowest BCUT2D eigenvalue weighted by molar-refractivity contribution is -0.143. The number of carbonyl (C=O) groups is 1. The summed E-state index contributed by atoms with van der Waals surface area (Å²) in [6, 6.07) is 4.64. The molecule has 2 aromatic carbocycles. The van der Waals surface area contributed by atoms with Crippen molar-refractivity contribution >= 4 is 5.91 Å². The fraction of sp³-hybridized carbons (Fsp3) is 0.348. The number of likely N-dealkylation sites (tertiary alicyclic amines) is 1. The van der Waals surface area contributed by atoms with Crippen molar-refractivity contribution in [3.05, 3.63) is 70.6 Å². The topological polar surface area (TPSA) is 59.2 Å². The van der Waals surface area contributed by atoms with Gasteiger partial charge in [0.05, 0.1) is 22.6 Å². The van der Waals surface area contributed by atoms with Gasteiger partial charge in [-0.05, 0) is 55.3 Å². The molecule has 3 aromatic rings. The second-order valence-corrected chi connectivity index (χ2v) is 8.41. The van der Waals surface area contributed by atoms with Gasteiger partial charge in [0.2, 0.25) is 11.8 Å². The number of alkyl halides is 9. The monoisotopic (exact) mass is 537 g/mol. The Morgan fingerprint density at radius 3 is 1.92 bits per heavy atom. The van der Waals surface area contributed by atoms with Crippen LogP contribution >= 0.6 is 0 Å². The van der Waals surface area contributed by atoms with Crippen molar-refractivity contribution in [2.45, 2.75) is 37.3 Å². The van der Waals surface area contributed by atoms with Crippen LogP contribution in [0.3, 0.4) is 0 Å². The van der Waals surface area contributed by atoms with Gasteiger partial charge in [0.1, 0.15) is 0 Å². The molecular weight excluding hydrogens is 521 g/mol. The number of hydrogen-bond donors (Lipinski definition) is 0. The van der Waals surface area contributed by atoms with Gasteiger partial charge < -0.3 is 9.32 Å². The summed E-state index contributed by atoms with van der Waals surface area (Å²) in [6.45, 7) is -0.0437. The van der Waals surface area contributed by atoms with Crippen LogP contribution in [0.1, 0.15) is 51.7 Å². The molecule has 1 amide bonds. The molecule has 0 saturated carbocycles. The molecular formula is C23H16F9N3O2. The maximum Gasteiger partial charge on any atom is 0.416 e. The number of benzene rings is 2. The predicted molar refractivity (Wildman–Crippen MR) is 109 cm³/mol. The first-order chi connectivity index (χ1) is 17.1. The van der Waals surface area contributed by atoms with Crippen LogP contribution in [0.25, 0.3) is 11.5 Å². The first kappa shape index (κ1) is 26.5. The summed E-state index contributed by atoms with van der Waals surface area (Å²) in [4.78, 5) is 14.0. The van der Waals surface area contributed by atoms with E-state index in [0.29, 0.717) is 25.0 Å². The fourth-order valence-corrected chi connectivity index (χ4v) is 3.94. The molecule has 4 rings (SSSR count). The van der Waals surface area contributed by atoms with Crippen LogP contribution in [0.2, 0.25) is 0 Å². The molecule has 14 heteroatoms. The van der Waals surface area contributed by atoms with Crippen molar-refractivity contribution in [2.24, 2.45) is 0 Å². The summed E-state index contributed by atoms with van der Waals surface area (Å²) >= 11 is 0. The third-order valence-electron chi connectivity index (χ3n) is 5.79. The number of halogens is 9. The summed E-state index contributed by atoms with van der Waals surface area (Å²) in [6.07, 6.45) is -14.0. The van der Waals surface area contributed by atoms with Gasteiger partial charge in [-0.15, -0.1) is 10.2 Å². The lowest BCUT2D eigenvalue weighted by atomic mass is 9.96. The van der Waals surface area contributed by atoms with E-state index < -0.39 is 52.6 Å². The smallest absolute Gasteiger partial charge is 0.416 e. The molecule has 0 bridgehead atoms. The van der Waals surface area contributed by atoms with Crippen molar-refractivity contribution < 1.29 is 48.7 Å². The fourth-order valence-electron chi connectivity index (χ4n) is 3.94. The molecule has 0 spiro atoms. The number of aromatic nitrogens is 2. The van der Waals surface area contributed by atoms with E-state index in [4.69, 9.17) is 4.42 Å². The van der Waals surface area contributed by atoms with E-state index in [0.717, 1.165) is 29.2 Å². The van der Waals surface area contributed by atoms with Crippen molar-refractivity contribution in [3.8, 4) is 11.5 Å². The highest BCUT2D eigenvalue weighted by Gasteiger charge is 2.38. The highest BCUT2D eigenvalue weighted by Crippen LogP contribution is 2.37. The Kier molecular flexibility index (Phi) is 6.71. The van der Waals surface area contributed by atoms with Gasteiger partial charge in [0.15, 0.2) is 0 Å². The Morgan fingerprint density at radius 1 is 0.811 bits per heavy atom. The molecule has 1 aliphatic heterocycles. The molecule has 198 valence electrons. The Balaban J connectivity index is 1.54. The van der Waals surface area contributed by atoms with Crippen molar-refractivity contribution in [2.75, 3.05) is 13.1 Å². The zero-order valence-corrected chi connectivity index (χ0v) is 18.5. The van der Waals surface area contributed by atoms with Gasteiger partial charge in [-0.3, -0.25) is 4.79 Å². The van der Waals surface area contributed by atoms with Gasteiger partial charge in [-0.2, -0.15) is 39.5 Å². The molecule has 0 aliphatic carbocycles. The third-order valence-corrected chi connectivity index (χ3v) is 5.79. The quantitative estimate of drug-likeness (QED) is 0.345. The minimum absolute atomic E-state index is 0.0346. The normalized spacial score (nSPS) is 17.2. The Hall–Kier alpha value is -3.58. The average molecular weight is 537 g/mol. The Labute approximate surface area is 202 Å². The molecule has 0 radical (unpaired) electrons. The average Bonchev–Trinajstić information content (AvgIpc) is 3.32. The van der Waals surface area contributed by atoms with Crippen LogP contribution in [0, 0.1) is 0 Å². The predicted octanol–water partition coefficient (Wildman–Crippen LogP) is 6.81. The van der Waals surface area contributed by atoms with Gasteiger partial charge in [-0.25, -0.2) is 0 Å². The van der Waals surface area contributed by atoms with Crippen molar-refractivity contribution in [1.82, 2.24) is 15.1 Å². The lowest BCUT2D eigenvalue weighted by Gasteiger charge is -2.31. The van der Waals surface area contributed by atoms with Crippen molar-refractivity contribution in [3.63, 3.8) is 0 Å². The molecule has 1 saturated heterocycles. The number of nitrogens with zero attached hydrogens (tertiary/aromatic N) is 3. The summed E-state index contributed by atoms with van der Waals surface area (Å²) in [5, 5.41) is 7.68. The summed E-state index contributed by atoms with van der Waals surface area (Å²) < 4.78 is 123. The van der Waals surface area contributed by atoms with E-state index in [-0.39, 0.29) is 36.5 Å². The molecule has 2 heterocycles.